The number of hydrogen-bond acceptors (Lipinski definition) is 3. The van der Waals surface area contributed by atoms with Crippen LogP contribution in [0.5, 0.6) is 0 Å². The summed E-state index contributed by atoms with van der Waals surface area (Å²) in [5.74, 6) is -0.869. The zero-order valence-corrected chi connectivity index (χ0v) is 15.4. The van der Waals surface area contributed by atoms with Crippen molar-refractivity contribution in [2.24, 2.45) is 11.8 Å². The highest BCUT2D eigenvalue weighted by Gasteiger charge is 2.49. The summed E-state index contributed by atoms with van der Waals surface area (Å²) in [6, 6.07) is 5.84. The summed E-state index contributed by atoms with van der Waals surface area (Å²) in [5.41, 5.74) is 0.977. The molecule has 1 saturated carbocycles. The fraction of sp³-hybridized carbons (Fsp3) is 0.550. The Morgan fingerprint density at radius 2 is 1.69 bits per heavy atom. The summed E-state index contributed by atoms with van der Waals surface area (Å²) in [5, 5.41) is 9.61. The van der Waals surface area contributed by atoms with E-state index in [0.29, 0.717) is 36.7 Å². The van der Waals surface area contributed by atoms with Crippen LogP contribution in [0.15, 0.2) is 24.3 Å². The summed E-state index contributed by atoms with van der Waals surface area (Å²) < 4.78 is 0. The number of carboxylic acids is 1. The van der Waals surface area contributed by atoms with E-state index in [1.54, 1.807) is 29.2 Å². The minimum Gasteiger partial charge on any atom is -0.480 e. The van der Waals surface area contributed by atoms with Gasteiger partial charge in [0.15, 0.2) is 0 Å². The highest BCUT2D eigenvalue weighted by atomic mass is 16.4. The Labute approximate surface area is 153 Å². The van der Waals surface area contributed by atoms with Gasteiger partial charge < -0.3 is 14.9 Å². The number of carboxylic acid groups (broad SMARTS) is 1. The minimum absolute atomic E-state index is 0.0619. The van der Waals surface area contributed by atoms with Crippen molar-refractivity contribution < 1.29 is 19.5 Å². The molecule has 0 aromatic heterocycles. The average Bonchev–Trinajstić information content (AvgIpc) is 3.22. The van der Waals surface area contributed by atoms with Crippen LogP contribution in [0.3, 0.4) is 0 Å². The molecular formula is C20H26N2O4. The molecule has 0 bridgehead atoms. The van der Waals surface area contributed by atoms with E-state index < -0.39 is 12.0 Å². The molecule has 3 rings (SSSR count). The van der Waals surface area contributed by atoms with E-state index in [4.69, 9.17) is 0 Å². The van der Waals surface area contributed by atoms with Gasteiger partial charge in [0.05, 0.1) is 0 Å². The van der Waals surface area contributed by atoms with E-state index in [2.05, 4.69) is 0 Å². The smallest absolute Gasteiger partial charge is 0.326 e. The van der Waals surface area contributed by atoms with Gasteiger partial charge in [0, 0.05) is 30.8 Å². The van der Waals surface area contributed by atoms with Gasteiger partial charge in [-0.05, 0) is 62.8 Å². The number of carbonyl (C=O) groups excluding carboxylic acids is 2. The van der Waals surface area contributed by atoms with Gasteiger partial charge in [0.25, 0.3) is 11.8 Å². The number of likely N-dealkylation sites (tertiary alicyclic amines) is 1. The number of benzene rings is 1. The molecule has 6 heteroatoms. The van der Waals surface area contributed by atoms with Crippen molar-refractivity contribution in [2.45, 2.75) is 39.2 Å². The number of fused-ring (bicyclic) bond motifs is 1. The van der Waals surface area contributed by atoms with Crippen molar-refractivity contribution in [1.82, 2.24) is 9.80 Å². The van der Waals surface area contributed by atoms with Crippen LogP contribution in [-0.2, 0) is 4.79 Å². The molecule has 0 radical (unpaired) electrons. The Bertz CT molecular complexity index is 696. The lowest BCUT2D eigenvalue weighted by molar-refractivity contribution is -0.142. The van der Waals surface area contributed by atoms with E-state index >= 15 is 0 Å². The number of carbonyl (C=O) groups is 3. The van der Waals surface area contributed by atoms with Gasteiger partial charge in [0.1, 0.15) is 6.04 Å². The lowest BCUT2D eigenvalue weighted by Gasteiger charge is -2.24. The number of nitrogens with zero attached hydrogens (tertiary/aromatic N) is 2. The fourth-order valence-corrected chi connectivity index (χ4v) is 4.45. The molecule has 3 unspecified atom stereocenters. The van der Waals surface area contributed by atoms with E-state index in [9.17, 15) is 19.5 Å². The van der Waals surface area contributed by atoms with Crippen LogP contribution in [0, 0.1) is 11.8 Å². The Balaban J connectivity index is 1.78. The lowest BCUT2D eigenvalue weighted by atomic mass is 9.94. The predicted molar refractivity (Wildman–Crippen MR) is 97.0 cm³/mol. The third-order valence-electron chi connectivity index (χ3n) is 5.83. The first-order valence-electron chi connectivity index (χ1n) is 9.41. The van der Waals surface area contributed by atoms with E-state index in [1.165, 1.54) is 4.90 Å². The fourth-order valence-electron chi connectivity index (χ4n) is 4.45. The molecule has 2 fully saturated rings. The van der Waals surface area contributed by atoms with Crippen molar-refractivity contribution in [2.75, 3.05) is 19.6 Å². The third-order valence-corrected chi connectivity index (χ3v) is 5.83. The number of aliphatic carboxylic acids is 1. The maximum absolute atomic E-state index is 12.9. The van der Waals surface area contributed by atoms with Gasteiger partial charge in [-0.1, -0.05) is 6.42 Å². The lowest BCUT2D eigenvalue weighted by Crippen LogP contribution is -2.43. The first-order valence-corrected chi connectivity index (χ1v) is 9.41. The first kappa shape index (κ1) is 18.4. The standard InChI is InChI=1S/C20H26N2O4/c1-3-21(4-2)18(23)13-8-10-14(11-9-13)19(24)22-12-15-6-5-7-16(15)17(22)20(25)26/h8-11,15-17H,3-7,12H2,1-2H3,(H,25,26). The van der Waals surface area contributed by atoms with Crippen LogP contribution >= 0.6 is 0 Å². The van der Waals surface area contributed by atoms with Crippen molar-refractivity contribution in [1.29, 1.82) is 0 Å². The molecule has 140 valence electrons. The van der Waals surface area contributed by atoms with Crippen LogP contribution in [0.4, 0.5) is 0 Å². The summed E-state index contributed by atoms with van der Waals surface area (Å²) in [7, 11) is 0. The monoisotopic (exact) mass is 358 g/mol. The van der Waals surface area contributed by atoms with Crippen LogP contribution in [-0.4, -0.2) is 58.4 Å². The van der Waals surface area contributed by atoms with Gasteiger partial charge >= 0.3 is 5.97 Å². The quantitative estimate of drug-likeness (QED) is 0.877. The highest BCUT2D eigenvalue weighted by Crippen LogP contribution is 2.42. The predicted octanol–water partition coefficient (Wildman–Crippen LogP) is 2.49. The largest absolute Gasteiger partial charge is 0.480 e. The average molecular weight is 358 g/mol. The Morgan fingerprint density at radius 3 is 2.27 bits per heavy atom. The minimum atomic E-state index is -0.916. The van der Waals surface area contributed by atoms with Crippen molar-refractivity contribution >= 4 is 17.8 Å². The first-order chi connectivity index (χ1) is 12.5. The second kappa shape index (κ2) is 7.48. The van der Waals surface area contributed by atoms with Gasteiger partial charge in [-0.2, -0.15) is 0 Å². The molecule has 1 aliphatic carbocycles. The number of amides is 2. The molecular weight excluding hydrogens is 332 g/mol. The van der Waals surface area contributed by atoms with Crippen molar-refractivity contribution in [3.05, 3.63) is 35.4 Å². The van der Waals surface area contributed by atoms with Crippen LogP contribution in [0.2, 0.25) is 0 Å². The Kier molecular flexibility index (Phi) is 5.30. The molecule has 1 heterocycles. The number of rotatable bonds is 5. The molecule has 2 aliphatic rings. The molecule has 3 atom stereocenters. The SMILES string of the molecule is CCN(CC)C(=O)c1ccc(C(=O)N2CC3CCCC3C2C(=O)O)cc1. The van der Waals surface area contributed by atoms with Crippen LogP contribution in [0.25, 0.3) is 0 Å². The topological polar surface area (TPSA) is 77.9 Å². The Hall–Kier alpha value is -2.37. The van der Waals surface area contributed by atoms with Crippen LogP contribution < -0.4 is 0 Å². The van der Waals surface area contributed by atoms with E-state index in [1.807, 2.05) is 13.8 Å². The third kappa shape index (κ3) is 3.20. The summed E-state index contributed by atoms with van der Waals surface area (Å²) in [6.07, 6.45) is 2.92. The van der Waals surface area contributed by atoms with Crippen molar-refractivity contribution in [3.8, 4) is 0 Å². The van der Waals surface area contributed by atoms with E-state index in [-0.39, 0.29) is 17.7 Å². The molecule has 1 saturated heterocycles. The van der Waals surface area contributed by atoms with Crippen LogP contribution in [0.1, 0.15) is 53.8 Å². The molecule has 2 amide bonds. The number of hydrogen-bond donors (Lipinski definition) is 1. The van der Waals surface area contributed by atoms with Gasteiger partial charge in [-0.15, -0.1) is 0 Å². The molecule has 26 heavy (non-hydrogen) atoms. The molecule has 6 nitrogen and oxygen atoms in total. The molecule has 1 N–H and O–H groups in total. The van der Waals surface area contributed by atoms with Gasteiger partial charge in [-0.25, -0.2) is 4.79 Å². The van der Waals surface area contributed by atoms with Crippen molar-refractivity contribution in [3.63, 3.8) is 0 Å². The maximum Gasteiger partial charge on any atom is 0.326 e. The normalized spacial score (nSPS) is 24.4. The summed E-state index contributed by atoms with van der Waals surface area (Å²) in [6.45, 7) is 5.63. The molecule has 1 aromatic rings. The molecule has 0 spiro atoms. The molecule has 1 aliphatic heterocycles. The second-order valence-electron chi connectivity index (χ2n) is 7.15. The zero-order chi connectivity index (χ0) is 18.8. The maximum atomic E-state index is 12.9. The summed E-state index contributed by atoms with van der Waals surface area (Å²) >= 11 is 0. The summed E-state index contributed by atoms with van der Waals surface area (Å²) in [4.78, 5) is 40.2. The highest BCUT2D eigenvalue weighted by molar-refractivity contribution is 5.99. The van der Waals surface area contributed by atoms with E-state index in [0.717, 1.165) is 19.3 Å². The Morgan fingerprint density at radius 1 is 1.08 bits per heavy atom. The van der Waals surface area contributed by atoms with Gasteiger partial charge in [-0.3, -0.25) is 9.59 Å². The molecule has 1 aromatic carbocycles. The van der Waals surface area contributed by atoms with Gasteiger partial charge in [0.2, 0.25) is 0 Å². The zero-order valence-electron chi connectivity index (χ0n) is 15.4. The second-order valence-corrected chi connectivity index (χ2v) is 7.15.